The molecule has 1 amide bonds. The molecule has 0 spiro atoms. The van der Waals surface area contributed by atoms with Gasteiger partial charge in [-0.25, -0.2) is 0 Å². The normalized spacial score (nSPS) is 10.7. The summed E-state index contributed by atoms with van der Waals surface area (Å²) in [5.74, 6) is -0.116. The molecule has 0 saturated carbocycles. The van der Waals surface area contributed by atoms with E-state index in [9.17, 15) is 4.79 Å². The number of H-pyrrole nitrogens is 1. The second-order valence-electron chi connectivity index (χ2n) is 4.79. The van der Waals surface area contributed by atoms with E-state index in [1.54, 1.807) is 0 Å². The maximum Gasteiger partial charge on any atom is 0.256 e. The SMILES string of the molecule is Cc1n[nH]c(C)c1NC(=O)c1cccc2ccccc12. The van der Waals surface area contributed by atoms with Crippen molar-refractivity contribution in [2.45, 2.75) is 13.8 Å². The number of nitrogens with one attached hydrogen (secondary N) is 2. The van der Waals surface area contributed by atoms with Crippen molar-refractivity contribution in [1.29, 1.82) is 0 Å². The Hall–Kier alpha value is -2.62. The summed E-state index contributed by atoms with van der Waals surface area (Å²) < 4.78 is 0. The average Bonchev–Trinajstić information content (AvgIpc) is 2.78. The van der Waals surface area contributed by atoms with Gasteiger partial charge in [-0.3, -0.25) is 9.89 Å². The van der Waals surface area contributed by atoms with Crippen LogP contribution in [0.1, 0.15) is 21.7 Å². The highest BCUT2D eigenvalue weighted by atomic mass is 16.1. The third kappa shape index (κ3) is 2.05. The Morgan fingerprint density at radius 1 is 1.10 bits per heavy atom. The van der Waals surface area contributed by atoms with Crippen LogP contribution in [0, 0.1) is 13.8 Å². The van der Waals surface area contributed by atoms with E-state index in [0.717, 1.165) is 27.8 Å². The van der Waals surface area contributed by atoms with Crippen LogP contribution in [0.15, 0.2) is 42.5 Å². The first-order chi connectivity index (χ1) is 9.66. The van der Waals surface area contributed by atoms with E-state index in [0.29, 0.717) is 5.56 Å². The lowest BCUT2D eigenvalue weighted by Gasteiger charge is -2.08. The zero-order valence-electron chi connectivity index (χ0n) is 11.4. The molecule has 1 heterocycles. The smallest absolute Gasteiger partial charge is 0.256 e. The number of carbonyl (C=O) groups is 1. The minimum absolute atomic E-state index is 0.116. The number of fused-ring (bicyclic) bond motifs is 1. The number of amides is 1. The van der Waals surface area contributed by atoms with Crippen LogP contribution >= 0.6 is 0 Å². The van der Waals surface area contributed by atoms with Crippen LogP contribution in [0.25, 0.3) is 10.8 Å². The van der Waals surface area contributed by atoms with Gasteiger partial charge in [0.1, 0.15) is 0 Å². The van der Waals surface area contributed by atoms with Crippen molar-refractivity contribution in [2.24, 2.45) is 0 Å². The third-order valence-electron chi connectivity index (χ3n) is 3.40. The molecule has 3 aromatic rings. The van der Waals surface area contributed by atoms with Gasteiger partial charge in [-0.2, -0.15) is 5.10 Å². The van der Waals surface area contributed by atoms with Crippen LogP contribution in [0.2, 0.25) is 0 Å². The van der Waals surface area contributed by atoms with Crippen LogP contribution in [0.5, 0.6) is 0 Å². The summed E-state index contributed by atoms with van der Waals surface area (Å²) in [5, 5.41) is 11.9. The maximum atomic E-state index is 12.5. The van der Waals surface area contributed by atoms with Crippen LogP contribution in [0.4, 0.5) is 5.69 Å². The maximum absolute atomic E-state index is 12.5. The first-order valence-electron chi connectivity index (χ1n) is 6.47. The Morgan fingerprint density at radius 2 is 1.85 bits per heavy atom. The molecule has 0 fully saturated rings. The van der Waals surface area contributed by atoms with E-state index in [2.05, 4.69) is 15.5 Å². The van der Waals surface area contributed by atoms with Crippen molar-refractivity contribution in [3.05, 3.63) is 59.4 Å². The van der Waals surface area contributed by atoms with Crippen molar-refractivity contribution in [1.82, 2.24) is 10.2 Å². The molecule has 100 valence electrons. The molecular formula is C16H15N3O. The van der Waals surface area contributed by atoms with Gasteiger partial charge < -0.3 is 5.32 Å². The molecule has 0 aliphatic carbocycles. The number of nitrogens with zero attached hydrogens (tertiary/aromatic N) is 1. The molecule has 0 atom stereocenters. The fourth-order valence-electron chi connectivity index (χ4n) is 2.34. The zero-order chi connectivity index (χ0) is 14.1. The van der Waals surface area contributed by atoms with Crippen molar-refractivity contribution in [3.63, 3.8) is 0 Å². The van der Waals surface area contributed by atoms with E-state index >= 15 is 0 Å². The van der Waals surface area contributed by atoms with E-state index in [1.807, 2.05) is 56.3 Å². The highest BCUT2D eigenvalue weighted by Crippen LogP contribution is 2.21. The number of benzene rings is 2. The van der Waals surface area contributed by atoms with Crippen molar-refractivity contribution in [3.8, 4) is 0 Å². The van der Waals surface area contributed by atoms with Crippen molar-refractivity contribution in [2.75, 3.05) is 5.32 Å². The fourth-order valence-corrected chi connectivity index (χ4v) is 2.34. The van der Waals surface area contributed by atoms with Gasteiger partial charge in [0, 0.05) is 5.56 Å². The van der Waals surface area contributed by atoms with E-state index in [-0.39, 0.29) is 5.91 Å². The molecule has 0 unspecified atom stereocenters. The predicted molar refractivity (Wildman–Crippen MR) is 80.0 cm³/mol. The van der Waals surface area contributed by atoms with Crippen LogP contribution in [-0.2, 0) is 0 Å². The number of aromatic nitrogens is 2. The molecule has 3 rings (SSSR count). The first-order valence-corrected chi connectivity index (χ1v) is 6.47. The van der Waals surface area contributed by atoms with Crippen molar-refractivity contribution >= 4 is 22.4 Å². The van der Waals surface area contributed by atoms with Gasteiger partial charge in [0.25, 0.3) is 5.91 Å². The molecule has 0 aliphatic rings. The summed E-state index contributed by atoms with van der Waals surface area (Å²) in [5.41, 5.74) is 3.07. The minimum atomic E-state index is -0.116. The lowest BCUT2D eigenvalue weighted by molar-refractivity contribution is 0.102. The summed E-state index contributed by atoms with van der Waals surface area (Å²) in [4.78, 5) is 12.5. The minimum Gasteiger partial charge on any atom is -0.319 e. The Morgan fingerprint density at radius 3 is 2.60 bits per heavy atom. The molecule has 0 aliphatic heterocycles. The van der Waals surface area contributed by atoms with Gasteiger partial charge in [-0.05, 0) is 30.7 Å². The molecule has 2 N–H and O–H groups in total. The standard InChI is InChI=1S/C16H15N3O/c1-10-15(11(2)19-18-10)17-16(20)14-9-5-7-12-6-3-4-8-13(12)14/h3-9H,1-2H3,(H,17,20)(H,18,19). The van der Waals surface area contributed by atoms with E-state index < -0.39 is 0 Å². The Bertz CT molecular complexity index is 765. The number of rotatable bonds is 2. The van der Waals surface area contributed by atoms with E-state index in [1.165, 1.54) is 0 Å². The van der Waals surface area contributed by atoms with Crippen LogP contribution in [-0.4, -0.2) is 16.1 Å². The number of hydrogen-bond donors (Lipinski definition) is 2. The summed E-state index contributed by atoms with van der Waals surface area (Å²) in [7, 11) is 0. The first kappa shape index (κ1) is 12.4. The fraction of sp³-hybridized carbons (Fsp3) is 0.125. The van der Waals surface area contributed by atoms with Gasteiger partial charge in [0.2, 0.25) is 0 Å². The molecule has 4 heteroatoms. The zero-order valence-corrected chi connectivity index (χ0v) is 11.4. The predicted octanol–water partition coefficient (Wildman–Crippen LogP) is 3.43. The van der Waals surface area contributed by atoms with Gasteiger partial charge in [-0.15, -0.1) is 0 Å². The monoisotopic (exact) mass is 265 g/mol. The lowest BCUT2D eigenvalue weighted by atomic mass is 10.0. The second kappa shape index (κ2) is 4.81. The highest BCUT2D eigenvalue weighted by Gasteiger charge is 2.13. The van der Waals surface area contributed by atoms with Gasteiger partial charge in [0.05, 0.1) is 17.1 Å². The molecule has 1 aromatic heterocycles. The molecule has 4 nitrogen and oxygen atoms in total. The number of carbonyl (C=O) groups excluding carboxylic acids is 1. The number of aryl methyl sites for hydroxylation is 2. The number of hydrogen-bond acceptors (Lipinski definition) is 2. The molecule has 0 radical (unpaired) electrons. The summed E-state index contributed by atoms with van der Waals surface area (Å²) >= 11 is 0. The molecule has 0 bridgehead atoms. The van der Waals surface area contributed by atoms with Crippen LogP contribution in [0.3, 0.4) is 0 Å². The largest absolute Gasteiger partial charge is 0.319 e. The van der Waals surface area contributed by atoms with Gasteiger partial charge in [0.15, 0.2) is 0 Å². The average molecular weight is 265 g/mol. The molecule has 2 aromatic carbocycles. The van der Waals surface area contributed by atoms with Crippen molar-refractivity contribution < 1.29 is 4.79 Å². The Kier molecular flexibility index (Phi) is 2.99. The molecule has 0 saturated heterocycles. The highest BCUT2D eigenvalue weighted by molar-refractivity contribution is 6.13. The third-order valence-corrected chi connectivity index (χ3v) is 3.40. The van der Waals surface area contributed by atoms with Crippen LogP contribution < -0.4 is 5.32 Å². The quantitative estimate of drug-likeness (QED) is 0.745. The topological polar surface area (TPSA) is 57.8 Å². The Balaban J connectivity index is 2.01. The second-order valence-corrected chi connectivity index (χ2v) is 4.79. The lowest BCUT2D eigenvalue weighted by Crippen LogP contribution is -2.13. The summed E-state index contributed by atoms with van der Waals surface area (Å²) in [6.07, 6.45) is 0. The number of aromatic amines is 1. The summed E-state index contributed by atoms with van der Waals surface area (Å²) in [6, 6.07) is 13.6. The number of anilines is 1. The summed E-state index contributed by atoms with van der Waals surface area (Å²) in [6.45, 7) is 3.75. The molecule has 20 heavy (non-hydrogen) atoms. The Labute approximate surface area is 116 Å². The van der Waals surface area contributed by atoms with Gasteiger partial charge >= 0.3 is 0 Å². The van der Waals surface area contributed by atoms with E-state index in [4.69, 9.17) is 0 Å². The van der Waals surface area contributed by atoms with Gasteiger partial charge in [-0.1, -0.05) is 36.4 Å². The molecular weight excluding hydrogens is 250 g/mol.